The van der Waals surface area contributed by atoms with Crippen molar-refractivity contribution in [2.24, 2.45) is 0 Å². The highest BCUT2D eigenvalue weighted by Crippen LogP contribution is 2.23. The van der Waals surface area contributed by atoms with Crippen molar-refractivity contribution in [3.05, 3.63) is 30.1 Å². The Bertz CT molecular complexity index is 481. The van der Waals surface area contributed by atoms with Gasteiger partial charge in [-0.3, -0.25) is 0 Å². The van der Waals surface area contributed by atoms with Gasteiger partial charge in [0.05, 0.1) is 22.9 Å². The molecule has 3 nitrogen and oxygen atoms in total. The minimum absolute atomic E-state index is 0.0248. The van der Waals surface area contributed by atoms with Crippen LogP contribution in [0.25, 0.3) is 0 Å². The van der Waals surface area contributed by atoms with Crippen molar-refractivity contribution in [1.82, 2.24) is 0 Å². The lowest BCUT2D eigenvalue weighted by atomic mass is 10.2. The van der Waals surface area contributed by atoms with Gasteiger partial charge < -0.3 is 4.74 Å². The van der Waals surface area contributed by atoms with Crippen LogP contribution in [0.5, 0.6) is 0 Å². The molecule has 1 fully saturated rings. The number of hydrogen-bond donors (Lipinski definition) is 0. The molecule has 0 aromatic heterocycles. The largest absolute Gasteiger partial charge is 0.374 e. The molecule has 0 saturated carbocycles. The van der Waals surface area contributed by atoms with E-state index in [0.29, 0.717) is 0 Å². The van der Waals surface area contributed by atoms with Crippen LogP contribution in [-0.2, 0) is 14.6 Å². The Kier molecular flexibility index (Phi) is 3.49. The van der Waals surface area contributed by atoms with E-state index in [0.717, 1.165) is 25.0 Å². The van der Waals surface area contributed by atoms with Gasteiger partial charge in [-0.05, 0) is 44.0 Å². The van der Waals surface area contributed by atoms with E-state index in [-0.39, 0.29) is 22.9 Å². The summed E-state index contributed by atoms with van der Waals surface area (Å²) in [6, 6.07) is 4.90. The quantitative estimate of drug-likeness (QED) is 0.780. The smallest absolute Gasteiger partial charge is 0.180 e. The first-order valence-corrected chi connectivity index (χ1v) is 7.26. The number of benzene rings is 1. The molecule has 0 spiro atoms. The molecule has 1 saturated heterocycles. The highest BCUT2D eigenvalue weighted by atomic mass is 32.2. The Balaban J connectivity index is 2.11. The van der Waals surface area contributed by atoms with Crippen LogP contribution in [0.1, 0.15) is 19.8 Å². The van der Waals surface area contributed by atoms with Crippen molar-refractivity contribution in [3.8, 4) is 0 Å². The van der Waals surface area contributed by atoms with Crippen LogP contribution in [0.2, 0.25) is 0 Å². The Hall–Kier alpha value is -0.940. The lowest BCUT2D eigenvalue weighted by Gasteiger charge is -2.11. The van der Waals surface area contributed by atoms with Crippen LogP contribution in [0.3, 0.4) is 0 Å². The van der Waals surface area contributed by atoms with Gasteiger partial charge in [-0.1, -0.05) is 0 Å². The Labute approximate surface area is 101 Å². The molecule has 0 bridgehead atoms. The summed E-state index contributed by atoms with van der Waals surface area (Å²) in [6.07, 6.45) is 1.55. The molecule has 94 valence electrons. The minimum Gasteiger partial charge on any atom is -0.374 e. The predicted octanol–water partition coefficient (Wildman–Crippen LogP) is 2.17. The van der Waals surface area contributed by atoms with Gasteiger partial charge in [-0.15, -0.1) is 0 Å². The molecule has 1 aromatic rings. The van der Waals surface area contributed by atoms with Crippen molar-refractivity contribution < 1.29 is 17.5 Å². The summed E-state index contributed by atoms with van der Waals surface area (Å²) in [5, 5.41) is 0. The number of halogens is 1. The monoisotopic (exact) mass is 258 g/mol. The zero-order chi connectivity index (χ0) is 12.5. The third-order valence-corrected chi connectivity index (χ3v) is 4.70. The van der Waals surface area contributed by atoms with E-state index in [4.69, 9.17) is 4.74 Å². The second-order valence-corrected chi connectivity index (χ2v) is 6.42. The topological polar surface area (TPSA) is 43.4 Å². The maximum atomic E-state index is 12.7. The molecule has 2 atom stereocenters. The molecule has 1 aromatic carbocycles. The molecule has 17 heavy (non-hydrogen) atoms. The van der Waals surface area contributed by atoms with Gasteiger partial charge in [0.25, 0.3) is 0 Å². The minimum atomic E-state index is -3.38. The van der Waals surface area contributed by atoms with E-state index in [2.05, 4.69) is 0 Å². The molecular formula is C12H15FO3S. The molecule has 1 aliphatic heterocycles. The van der Waals surface area contributed by atoms with Crippen molar-refractivity contribution in [2.75, 3.05) is 5.75 Å². The van der Waals surface area contributed by atoms with Gasteiger partial charge in [-0.25, -0.2) is 12.8 Å². The fourth-order valence-electron chi connectivity index (χ4n) is 1.99. The zero-order valence-electron chi connectivity index (χ0n) is 9.60. The molecule has 0 radical (unpaired) electrons. The van der Waals surface area contributed by atoms with Crippen molar-refractivity contribution in [1.29, 1.82) is 0 Å². The van der Waals surface area contributed by atoms with Crippen LogP contribution < -0.4 is 0 Å². The van der Waals surface area contributed by atoms with Gasteiger partial charge >= 0.3 is 0 Å². The van der Waals surface area contributed by atoms with E-state index in [1.54, 1.807) is 0 Å². The molecule has 0 amide bonds. The molecule has 2 unspecified atom stereocenters. The lowest BCUT2D eigenvalue weighted by molar-refractivity contribution is 0.0690. The molecular weight excluding hydrogens is 243 g/mol. The van der Waals surface area contributed by atoms with Crippen molar-refractivity contribution >= 4 is 9.84 Å². The van der Waals surface area contributed by atoms with Crippen molar-refractivity contribution in [2.45, 2.75) is 36.9 Å². The number of sulfone groups is 1. The molecule has 1 aliphatic rings. The van der Waals surface area contributed by atoms with E-state index in [9.17, 15) is 12.8 Å². The van der Waals surface area contributed by atoms with Crippen LogP contribution in [0.15, 0.2) is 29.2 Å². The average Bonchev–Trinajstić information content (AvgIpc) is 2.63. The van der Waals surface area contributed by atoms with E-state index in [1.807, 2.05) is 6.92 Å². The van der Waals surface area contributed by atoms with Crippen molar-refractivity contribution in [3.63, 3.8) is 0 Å². The maximum Gasteiger partial charge on any atom is 0.180 e. The van der Waals surface area contributed by atoms with Gasteiger partial charge in [0.2, 0.25) is 0 Å². The van der Waals surface area contributed by atoms with Crippen LogP contribution in [0.4, 0.5) is 4.39 Å². The van der Waals surface area contributed by atoms with Gasteiger partial charge in [0, 0.05) is 0 Å². The molecule has 2 rings (SSSR count). The van der Waals surface area contributed by atoms with E-state index in [1.165, 1.54) is 12.1 Å². The summed E-state index contributed by atoms with van der Waals surface area (Å²) in [4.78, 5) is 0.155. The second kappa shape index (κ2) is 4.74. The van der Waals surface area contributed by atoms with Gasteiger partial charge in [0.1, 0.15) is 5.82 Å². The summed E-state index contributed by atoms with van der Waals surface area (Å²) in [6.45, 7) is 1.94. The fraction of sp³-hybridized carbons (Fsp3) is 0.500. The summed E-state index contributed by atoms with van der Waals surface area (Å²) >= 11 is 0. The fourth-order valence-corrected chi connectivity index (χ4v) is 3.47. The second-order valence-electron chi connectivity index (χ2n) is 4.38. The number of rotatable bonds is 3. The highest BCUT2D eigenvalue weighted by molar-refractivity contribution is 7.91. The van der Waals surface area contributed by atoms with Crippen LogP contribution in [-0.4, -0.2) is 26.4 Å². The SMILES string of the molecule is CC1CCC(CS(=O)(=O)c2ccc(F)cc2)O1. The Morgan fingerprint density at radius 2 is 1.94 bits per heavy atom. The van der Waals surface area contributed by atoms with Gasteiger partial charge in [0.15, 0.2) is 9.84 Å². The Morgan fingerprint density at radius 3 is 2.47 bits per heavy atom. The third-order valence-electron chi connectivity index (χ3n) is 2.90. The lowest BCUT2D eigenvalue weighted by Crippen LogP contribution is -2.21. The third kappa shape index (κ3) is 3.04. The van der Waals surface area contributed by atoms with E-state index < -0.39 is 15.7 Å². The number of ether oxygens (including phenoxy) is 1. The first kappa shape index (κ1) is 12.5. The van der Waals surface area contributed by atoms with E-state index >= 15 is 0 Å². The maximum absolute atomic E-state index is 12.7. The molecule has 5 heteroatoms. The molecule has 1 heterocycles. The Morgan fingerprint density at radius 1 is 1.29 bits per heavy atom. The molecule has 0 aliphatic carbocycles. The van der Waals surface area contributed by atoms with Crippen LogP contribution >= 0.6 is 0 Å². The number of hydrogen-bond acceptors (Lipinski definition) is 3. The summed E-state index contributed by atoms with van der Waals surface area (Å²) in [5.41, 5.74) is 0. The summed E-state index contributed by atoms with van der Waals surface area (Å²) in [7, 11) is -3.38. The predicted molar refractivity (Wildman–Crippen MR) is 62.0 cm³/mol. The summed E-state index contributed by atoms with van der Waals surface area (Å²) < 4.78 is 42.2. The summed E-state index contributed by atoms with van der Waals surface area (Å²) in [5.74, 6) is -0.460. The standard InChI is InChI=1S/C12H15FO3S/c1-9-2-5-11(16-9)8-17(14,15)12-6-3-10(13)4-7-12/h3-4,6-7,9,11H,2,5,8H2,1H3. The van der Waals surface area contributed by atoms with Crippen LogP contribution in [0, 0.1) is 5.82 Å². The normalized spacial score (nSPS) is 25.1. The zero-order valence-corrected chi connectivity index (χ0v) is 10.4. The first-order valence-electron chi connectivity index (χ1n) is 5.61. The first-order chi connectivity index (χ1) is 7.97. The van der Waals surface area contributed by atoms with Gasteiger partial charge in [-0.2, -0.15) is 0 Å². The molecule has 0 N–H and O–H groups in total. The highest BCUT2D eigenvalue weighted by Gasteiger charge is 2.27. The average molecular weight is 258 g/mol.